The first kappa shape index (κ1) is 14.1. The fourth-order valence-electron chi connectivity index (χ4n) is 2.77. The van der Waals surface area contributed by atoms with Crippen molar-refractivity contribution in [1.29, 1.82) is 0 Å². The van der Waals surface area contributed by atoms with Crippen LogP contribution >= 0.6 is 0 Å². The number of nitrogens with one attached hydrogen (secondary N) is 1. The monoisotopic (exact) mass is 315 g/mol. The van der Waals surface area contributed by atoms with Gasteiger partial charge in [-0.25, -0.2) is 4.98 Å². The number of amides is 1. The molecule has 0 saturated carbocycles. The van der Waals surface area contributed by atoms with Gasteiger partial charge in [0.2, 0.25) is 5.91 Å². The van der Waals surface area contributed by atoms with E-state index in [1.807, 2.05) is 36.4 Å². The van der Waals surface area contributed by atoms with Gasteiger partial charge in [0, 0.05) is 29.1 Å². The van der Waals surface area contributed by atoms with Gasteiger partial charge < -0.3 is 5.73 Å². The summed E-state index contributed by atoms with van der Waals surface area (Å²) in [6.07, 6.45) is 5.10. The second-order valence-corrected chi connectivity index (χ2v) is 5.33. The molecule has 3 N–H and O–H groups in total. The molecule has 3 aromatic heterocycles. The molecule has 3 heterocycles. The van der Waals surface area contributed by atoms with Gasteiger partial charge in [-0.05, 0) is 29.8 Å². The van der Waals surface area contributed by atoms with Gasteiger partial charge in [0.15, 0.2) is 0 Å². The topological polar surface area (TPSA) is 97.6 Å². The fraction of sp³-hybridized carbons (Fsp3) is 0. The minimum atomic E-state index is -0.496. The number of aromatic amines is 1. The van der Waals surface area contributed by atoms with Gasteiger partial charge >= 0.3 is 0 Å². The molecule has 0 aliphatic rings. The van der Waals surface area contributed by atoms with E-state index < -0.39 is 5.91 Å². The highest BCUT2D eigenvalue weighted by Gasteiger charge is 2.17. The number of nitrogens with two attached hydrogens (primary N) is 1. The summed E-state index contributed by atoms with van der Waals surface area (Å²) in [5.41, 5.74) is 10.7. The van der Waals surface area contributed by atoms with Gasteiger partial charge in [-0.1, -0.05) is 18.2 Å². The third-order valence-corrected chi connectivity index (χ3v) is 3.86. The Morgan fingerprint density at radius 2 is 1.96 bits per heavy atom. The van der Waals surface area contributed by atoms with E-state index in [1.54, 1.807) is 24.7 Å². The average Bonchev–Trinajstić information content (AvgIpc) is 3.09. The van der Waals surface area contributed by atoms with Crippen LogP contribution in [0.3, 0.4) is 0 Å². The molecule has 1 aromatic carbocycles. The van der Waals surface area contributed by atoms with E-state index in [9.17, 15) is 4.79 Å². The molecule has 0 aliphatic carbocycles. The van der Waals surface area contributed by atoms with Crippen LogP contribution in [0.25, 0.3) is 33.4 Å². The molecule has 1 amide bonds. The number of H-pyrrole nitrogens is 1. The van der Waals surface area contributed by atoms with E-state index in [-0.39, 0.29) is 0 Å². The Bertz CT molecular complexity index is 1040. The second kappa shape index (κ2) is 5.58. The molecule has 4 aromatic rings. The van der Waals surface area contributed by atoms with Crippen molar-refractivity contribution in [1.82, 2.24) is 20.2 Å². The van der Waals surface area contributed by atoms with Crippen LogP contribution < -0.4 is 5.73 Å². The molecule has 4 rings (SSSR count). The summed E-state index contributed by atoms with van der Waals surface area (Å²) in [5, 5.41) is 6.85. The van der Waals surface area contributed by atoms with Gasteiger partial charge in [-0.3, -0.25) is 14.9 Å². The molecule has 0 unspecified atom stereocenters. The zero-order chi connectivity index (χ0) is 16.5. The van der Waals surface area contributed by atoms with Crippen LogP contribution in [0, 0.1) is 0 Å². The first-order valence-electron chi connectivity index (χ1n) is 7.38. The molecule has 0 spiro atoms. The van der Waals surface area contributed by atoms with Crippen molar-refractivity contribution in [3.8, 4) is 22.4 Å². The number of aromatic nitrogens is 4. The number of fused-ring (bicyclic) bond motifs is 1. The Morgan fingerprint density at radius 3 is 2.75 bits per heavy atom. The summed E-state index contributed by atoms with van der Waals surface area (Å²) in [4.78, 5) is 20.7. The quantitative estimate of drug-likeness (QED) is 0.607. The van der Waals surface area contributed by atoms with Gasteiger partial charge in [0.25, 0.3) is 0 Å². The Hall–Kier alpha value is -3.54. The van der Waals surface area contributed by atoms with Crippen LogP contribution in [0.15, 0.2) is 61.1 Å². The van der Waals surface area contributed by atoms with Gasteiger partial charge in [0.1, 0.15) is 5.52 Å². The number of hydrogen-bond acceptors (Lipinski definition) is 4. The SMILES string of the molecule is NC(=O)c1cccc(-c2cccnc2)c1-c1ccc2[nH]ncc2n1. The van der Waals surface area contributed by atoms with Crippen molar-refractivity contribution in [3.63, 3.8) is 0 Å². The standard InChI is InChI=1S/C18H13N5O/c19-18(24)13-5-1-4-12(11-3-2-8-20-9-11)17(13)15-7-6-14-16(22-15)10-21-23-14/h1-10H,(H2,19,24)(H,21,23). The Morgan fingerprint density at radius 1 is 1.04 bits per heavy atom. The number of carbonyl (C=O) groups is 1. The van der Waals surface area contributed by atoms with Crippen molar-refractivity contribution in [2.45, 2.75) is 0 Å². The summed E-state index contributed by atoms with van der Waals surface area (Å²) in [7, 11) is 0. The maximum atomic E-state index is 12.0. The number of pyridine rings is 2. The van der Waals surface area contributed by atoms with Crippen molar-refractivity contribution >= 4 is 16.9 Å². The molecule has 0 aliphatic heterocycles. The maximum Gasteiger partial charge on any atom is 0.249 e. The van der Waals surface area contributed by atoms with Gasteiger partial charge in [0.05, 0.1) is 17.4 Å². The number of hydrogen-bond donors (Lipinski definition) is 2. The van der Waals surface area contributed by atoms with Crippen molar-refractivity contribution in [2.75, 3.05) is 0 Å². The van der Waals surface area contributed by atoms with Gasteiger partial charge in [-0.15, -0.1) is 0 Å². The van der Waals surface area contributed by atoms with Crippen molar-refractivity contribution in [2.24, 2.45) is 5.73 Å². The number of primary amides is 1. The lowest BCUT2D eigenvalue weighted by Crippen LogP contribution is -2.13. The summed E-state index contributed by atoms with van der Waals surface area (Å²) < 4.78 is 0. The van der Waals surface area contributed by atoms with Crippen LogP contribution in [-0.4, -0.2) is 26.1 Å². The Balaban J connectivity index is 2.02. The van der Waals surface area contributed by atoms with E-state index in [0.29, 0.717) is 16.8 Å². The highest BCUT2D eigenvalue weighted by molar-refractivity contribution is 6.03. The molecule has 0 atom stereocenters. The Kier molecular flexibility index (Phi) is 3.28. The zero-order valence-corrected chi connectivity index (χ0v) is 12.6. The average molecular weight is 315 g/mol. The predicted octanol–water partition coefficient (Wildman–Crippen LogP) is 2.79. The van der Waals surface area contributed by atoms with E-state index in [1.165, 1.54) is 0 Å². The fourth-order valence-corrected chi connectivity index (χ4v) is 2.77. The maximum absolute atomic E-state index is 12.0. The summed E-state index contributed by atoms with van der Waals surface area (Å²) >= 11 is 0. The number of nitrogens with zero attached hydrogens (tertiary/aromatic N) is 3. The first-order chi connectivity index (χ1) is 11.7. The highest BCUT2D eigenvalue weighted by atomic mass is 16.1. The molecule has 6 nitrogen and oxygen atoms in total. The molecule has 0 saturated heterocycles. The van der Waals surface area contributed by atoms with Crippen LogP contribution in [0.4, 0.5) is 0 Å². The molecule has 24 heavy (non-hydrogen) atoms. The van der Waals surface area contributed by atoms with Gasteiger partial charge in [-0.2, -0.15) is 5.10 Å². The molecular formula is C18H13N5O. The van der Waals surface area contributed by atoms with Crippen LogP contribution in [0.1, 0.15) is 10.4 Å². The molecule has 116 valence electrons. The highest BCUT2D eigenvalue weighted by Crippen LogP contribution is 2.34. The molecule has 0 radical (unpaired) electrons. The van der Waals surface area contributed by atoms with Crippen molar-refractivity contribution < 1.29 is 4.79 Å². The van der Waals surface area contributed by atoms with Crippen molar-refractivity contribution in [3.05, 3.63) is 66.6 Å². The van der Waals surface area contributed by atoms with E-state index in [4.69, 9.17) is 5.73 Å². The largest absolute Gasteiger partial charge is 0.366 e. The minimum absolute atomic E-state index is 0.423. The number of carbonyl (C=O) groups excluding carboxylic acids is 1. The molecule has 6 heteroatoms. The minimum Gasteiger partial charge on any atom is -0.366 e. The molecule has 0 fully saturated rings. The summed E-state index contributed by atoms with van der Waals surface area (Å²) in [6.45, 7) is 0. The second-order valence-electron chi connectivity index (χ2n) is 5.33. The lowest BCUT2D eigenvalue weighted by atomic mass is 9.93. The van der Waals surface area contributed by atoms with E-state index in [2.05, 4.69) is 20.2 Å². The van der Waals surface area contributed by atoms with E-state index in [0.717, 1.165) is 22.2 Å². The Labute approximate surface area is 137 Å². The first-order valence-corrected chi connectivity index (χ1v) is 7.38. The third-order valence-electron chi connectivity index (χ3n) is 3.86. The molecular weight excluding hydrogens is 302 g/mol. The lowest BCUT2D eigenvalue weighted by Gasteiger charge is -2.13. The molecule has 0 bridgehead atoms. The van der Waals surface area contributed by atoms with Crippen LogP contribution in [0.2, 0.25) is 0 Å². The van der Waals surface area contributed by atoms with Crippen LogP contribution in [-0.2, 0) is 0 Å². The summed E-state index contributed by atoms with van der Waals surface area (Å²) in [6, 6.07) is 13.0. The third kappa shape index (κ3) is 2.30. The predicted molar refractivity (Wildman–Crippen MR) is 91.1 cm³/mol. The summed E-state index contributed by atoms with van der Waals surface area (Å²) in [5.74, 6) is -0.496. The number of rotatable bonds is 3. The van der Waals surface area contributed by atoms with E-state index >= 15 is 0 Å². The van der Waals surface area contributed by atoms with Crippen LogP contribution in [0.5, 0.6) is 0 Å². The smallest absolute Gasteiger partial charge is 0.249 e. The normalized spacial score (nSPS) is 10.8. The zero-order valence-electron chi connectivity index (χ0n) is 12.6. The lowest BCUT2D eigenvalue weighted by molar-refractivity contribution is 0.100. The number of benzene rings is 1.